The van der Waals surface area contributed by atoms with Crippen molar-refractivity contribution in [2.75, 3.05) is 0 Å². The molecule has 0 aliphatic rings. The molecular formula is C15H13NO3. The van der Waals surface area contributed by atoms with Crippen LogP contribution in [0.2, 0.25) is 0 Å². The van der Waals surface area contributed by atoms with Crippen LogP contribution in [-0.4, -0.2) is 15.6 Å². The van der Waals surface area contributed by atoms with E-state index in [1.165, 1.54) is 6.07 Å². The molecule has 0 aliphatic heterocycles. The summed E-state index contributed by atoms with van der Waals surface area (Å²) < 4.78 is 0. The molecule has 2 aromatic carbocycles. The van der Waals surface area contributed by atoms with Gasteiger partial charge in [0.1, 0.15) is 5.60 Å². The Hall–Kier alpha value is -2.38. The van der Waals surface area contributed by atoms with Gasteiger partial charge in [0.05, 0.1) is 10.3 Å². The molecule has 0 atom stereocenters. The first kappa shape index (κ1) is 13.1. The Balaban J connectivity index is 2.68. The monoisotopic (exact) mass is 255 g/mol. The third-order valence-electron chi connectivity index (χ3n) is 2.60. The highest BCUT2D eigenvalue weighted by atomic mass is 16.6. The maximum Gasteiger partial charge on any atom is 0.277 e. The van der Waals surface area contributed by atoms with Gasteiger partial charge in [-0.3, -0.25) is 10.1 Å². The summed E-state index contributed by atoms with van der Waals surface area (Å²) in [6, 6.07) is 10.1. The van der Waals surface area contributed by atoms with Crippen LogP contribution in [0.4, 0.5) is 5.69 Å². The lowest BCUT2D eigenvalue weighted by Gasteiger charge is -2.07. The molecule has 1 N–H and O–H groups in total. The number of rotatable bonds is 1. The highest BCUT2D eigenvalue weighted by molar-refractivity contribution is 5.95. The molecule has 0 unspecified atom stereocenters. The highest BCUT2D eigenvalue weighted by Crippen LogP contribution is 2.27. The zero-order valence-electron chi connectivity index (χ0n) is 10.7. The fraction of sp³-hybridized carbons (Fsp3) is 0.200. The third kappa shape index (κ3) is 2.90. The predicted molar refractivity (Wildman–Crippen MR) is 73.8 cm³/mol. The largest absolute Gasteiger partial charge is 0.378 e. The Morgan fingerprint density at radius 3 is 2.37 bits per heavy atom. The van der Waals surface area contributed by atoms with Crippen LogP contribution in [0.25, 0.3) is 10.8 Å². The van der Waals surface area contributed by atoms with Crippen molar-refractivity contribution in [3.8, 4) is 11.8 Å². The molecule has 0 saturated heterocycles. The Labute approximate surface area is 110 Å². The first-order valence-corrected chi connectivity index (χ1v) is 5.80. The molecule has 0 radical (unpaired) electrons. The number of nitro groups is 1. The van der Waals surface area contributed by atoms with E-state index in [2.05, 4.69) is 11.8 Å². The molecule has 2 rings (SSSR count). The highest BCUT2D eigenvalue weighted by Gasteiger charge is 2.13. The summed E-state index contributed by atoms with van der Waals surface area (Å²) in [5, 5.41) is 21.9. The molecule has 4 nitrogen and oxygen atoms in total. The summed E-state index contributed by atoms with van der Waals surface area (Å²) >= 11 is 0. The molecule has 19 heavy (non-hydrogen) atoms. The van der Waals surface area contributed by atoms with Gasteiger partial charge in [0.15, 0.2) is 0 Å². The van der Waals surface area contributed by atoms with Gasteiger partial charge in [0.25, 0.3) is 5.69 Å². The lowest BCUT2D eigenvalue weighted by Crippen LogP contribution is -2.14. The maximum absolute atomic E-state index is 11.0. The SMILES string of the molecule is CC(C)(O)C#Cc1ccc([N+](=O)[O-])c2ccccc12. The predicted octanol–water partition coefficient (Wildman–Crippen LogP) is 2.87. The second-order valence-electron chi connectivity index (χ2n) is 4.74. The van der Waals surface area contributed by atoms with Crippen LogP contribution in [-0.2, 0) is 0 Å². The molecule has 0 aromatic heterocycles. The first-order valence-electron chi connectivity index (χ1n) is 5.80. The van der Waals surface area contributed by atoms with E-state index in [0.717, 1.165) is 0 Å². The molecule has 0 saturated carbocycles. The zero-order valence-corrected chi connectivity index (χ0v) is 10.7. The summed E-state index contributed by atoms with van der Waals surface area (Å²) in [4.78, 5) is 10.6. The third-order valence-corrected chi connectivity index (χ3v) is 2.60. The molecule has 2 aromatic rings. The van der Waals surface area contributed by atoms with Gasteiger partial charge in [-0.05, 0) is 26.0 Å². The minimum atomic E-state index is -1.09. The standard InChI is InChI=1S/C15H13NO3/c1-15(2,17)10-9-11-7-8-14(16(18)19)13-6-4-3-5-12(11)13/h3-8,17H,1-2H3. The van der Waals surface area contributed by atoms with Crippen LogP contribution >= 0.6 is 0 Å². The number of fused-ring (bicyclic) bond motifs is 1. The van der Waals surface area contributed by atoms with Crippen molar-refractivity contribution < 1.29 is 10.0 Å². The minimum absolute atomic E-state index is 0.0596. The second-order valence-corrected chi connectivity index (χ2v) is 4.74. The fourth-order valence-corrected chi connectivity index (χ4v) is 1.77. The number of hydrogen-bond donors (Lipinski definition) is 1. The van der Waals surface area contributed by atoms with Crippen molar-refractivity contribution >= 4 is 16.5 Å². The Kier molecular flexibility index (Phi) is 3.24. The van der Waals surface area contributed by atoms with Gasteiger partial charge < -0.3 is 5.11 Å². The molecule has 0 heterocycles. The van der Waals surface area contributed by atoms with Gasteiger partial charge in [0, 0.05) is 17.0 Å². The van der Waals surface area contributed by atoms with Gasteiger partial charge in [-0.1, -0.05) is 30.0 Å². The van der Waals surface area contributed by atoms with E-state index < -0.39 is 10.5 Å². The maximum atomic E-state index is 11.0. The summed E-state index contributed by atoms with van der Waals surface area (Å²) in [6.45, 7) is 3.18. The van der Waals surface area contributed by atoms with Crippen molar-refractivity contribution in [3.05, 3.63) is 52.1 Å². The van der Waals surface area contributed by atoms with Gasteiger partial charge >= 0.3 is 0 Å². The molecular weight excluding hydrogens is 242 g/mol. The number of nitro benzene ring substituents is 1. The van der Waals surface area contributed by atoms with Gasteiger partial charge in [0.2, 0.25) is 0 Å². The van der Waals surface area contributed by atoms with E-state index in [4.69, 9.17) is 0 Å². The van der Waals surface area contributed by atoms with Crippen molar-refractivity contribution in [3.63, 3.8) is 0 Å². The topological polar surface area (TPSA) is 63.4 Å². The van der Waals surface area contributed by atoms with Crippen LogP contribution < -0.4 is 0 Å². The van der Waals surface area contributed by atoms with Crippen LogP contribution in [0, 0.1) is 22.0 Å². The van der Waals surface area contributed by atoms with E-state index in [-0.39, 0.29) is 5.69 Å². The van der Waals surface area contributed by atoms with Crippen molar-refractivity contribution in [2.24, 2.45) is 0 Å². The van der Waals surface area contributed by atoms with E-state index in [1.54, 1.807) is 44.2 Å². The summed E-state index contributed by atoms with van der Waals surface area (Å²) in [7, 11) is 0. The van der Waals surface area contributed by atoms with Gasteiger partial charge in [-0.2, -0.15) is 0 Å². The summed E-state index contributed by atoms with van der Waals surface area (Å²) in [6.07, 6.45) is 0. The normalized spacial score (nSPS) is 10.9. The number of non-ortho nitro benzene ring substituents is 1. The van der Waals surface area contributed by atoms with Crippen LogP contribution in [0.1, 0.15) is 19.4 Å². The van der Waals surface area contributed by atoms with Gasteiger partial charge in [-0.15, -0.1) is 0 Å². The Morgan fingerprint density at radius 2 is 1.79 bits per heavy atom. The van der Waals surface area contributed by atoms with Crippen LogP contribution in [0.3, 0.4) is 0 Å². The molecule has 0 amide bonds. The summed E-state index contributed by atoms with van der Waals surface area (Å²) in [5.41, 5.74) is -0.365. The number of benzene rings is 2. The molecule has 0 aliphatic carbocycles. The first-order chi connectivity index (χ1) is 8.88. The van der Waals surface area contributed by atoms with Crippen molar-refractivity contribution in [1.82, 2.24) is 0 Å². The average molecular weight is 255 g/mol. The molecule has 0 spiro atoms. The lowest BCUT2D eigenvalue weighted by atomic mass is 10.0. The average Bonchev–Trinajstić information content (AvgIpc) is 2.34. The van der Waals surface area contributed by atoms with Crippen LogP contribution in [0.5, 0.6) is 0 Å². The van der Waals surface area contributed by atoms with E-state index >= 15 is 0 Å². The molecule has 0 bridgehead atoms. The van der Waals surface area contributed by atoms with E-state index in [1.807, 2.05) is 0 Å². The fourth-order valence-electron chi connectivity index (χ4n) is 1.77. The Bertz CT molecular complexity index is 703. The van der Waals surface area contributed by atoms with Gasteiger partial charge in [-0.25, -0.2) is 0 Å². The van der Waals surface area contributed by atoms with Crippen molar-refractivity contribution in [1.29, 1.82) is 0 Å². The number of aliphatic hydroxyl groups is 1. The molecule has 0 fully saturated rings. The zero-order chi connectivity index (χ0) is 14.0. The molecule has 96 valence electrons. The quantitative estimate of drug-likeness (QED) is 0.484. The minimum Gasteiger partial charge on any atom is -0.378 e. The lowest BCUT2D eigenvalue weighted by molar-refractivity contribution is -0.383. The number of hydrogen-bond acceptors (Lipinski definition) is 3. The van der Waals surface area contributed by atoms with Crippen molar-refractivity contribution in [2.45, 2.75) is 19.4 Å². The summed E-state index contributed by atoms with van der Waals surface area (Å²) in [5.74, 6) is 5.59. The van der Waals surface area contributed by atoms with Crippen LogP contribution in [0.15, 0.2) is 36.4 Å². The Morgan fingerprint density at radius 1 is 1.16 bits per heavy atom. The number of nitrogens with zero attached hydrogens (tertiary/aromatic N) is 1. The smallest absolute Gasteiger partial charge is 0.277 e. The second kappa shape index (κ2) is 4.71. The van der Waals surface area contributed by atoms with E-state index in [0.29, 0.717) is 16.3 Å². The molecule has 4 heteroatoms. The van der Waals surface area contributed by atoms with E-state index in [9.17, 15) is 15.2 Å².